The van der Waals surface area contributed by atoms with Crippen molar-refractivity contribution in [3.63, 3.8) is 0 Å². The molecule has 1 aliphatic heterocycles. The lowest BCUT2D eigenvalue weighted by Gasteiger charge is -2.33. The van der Waals surface area contributed by atoms with Crippen molar-refractivity contribution in [3.05, 3.63) is 34.5 Å². The van der Waals surface area contributed by atoms with E-state index in [4.69, 9.17) is 0 Å². The number of aromatic nitrogens is 3. The zero-order chi connectivity index (χ0) is 14.7. The summed E-state index contributed by atoms with van der Waals surface area (Å²) in [4.78, 5) is 18.6. The van der Waals surface area contributed by atoms with E-state index in [2.05, 4.69) is 16.3 Å². The van der Waals surface area contributed by atoms with Crippen LogP contribution >= 0.6 is 11.3 Å². The number of carbonyl (C=O) groups excluding carboxylic acids is 1. The molecule has 0 radical (unpaired) electrons. The molecule has 1 saturated heterocycles. The monoisotopic (exact) mass is 304 g/mol. The van der Waals surface area contributed by atoms with Gasteiger partial charge in [0.2, 0.25) is 5.91 Å². The summed E-state index contributed by atoms with van der Waals surface area (Å²) in [5, 5.41) is 7.39. The molecule has 21 heavy (non-hydrogen) atoms. The van der Waals surface area contributed by atoms with Crippen LogP contribution < -0.4 is 0 Å². The molecule has 0 bridgehead atoms. The van der Waals surface area contributed by atoms with Gasteiger partial charge in [-0.1, -0.05) is 0 Å². The van der Waals surface area contributed by atoms with E-state index < -0.39 is 0 Å². The van der Waals surface area contributed by atoms with Crippen LogP contribution in [0.3, 0.4) is 0 Å². The predicted octanol–water partition coefficient (Wildman–Crippen LogP) is 2.44. The maximum absolute atomic E-state index is 12.3. The van der Waals surface area contributed by atoms with Gasteiger partial charge in [0, 0.05) is 43.7 Å². The molecule has 6 heteroatoms. The second-order valence-electron chi connectivity index (χ2n) is 5.56. The Morgan fingerprint density at radius 3 is 3.14 bits per heavy atom. The van der Waals surface area contributed by atoms with E-state index in [0.29, 0.717) is 12.5 Å². The molecular weight excluding hydrogens is 284 g/mol. The highest BCUT2D eigenvalue weighted by atomic mass is 32.1. The number of likely N-dealkylation sites (tertiary alicyclic amines) is 1. The van der Waals surface area contributed by atoms with Crippen LogP contribution in [0, 0.1) is 6.92 Å². The third-order valence-electron chi connectivity index (χ3n) is 3.89. The van der Waals surface area contributed by atoms with E-state index >= 15 is 0 Å². The zero-order valence-corrected chi connectivity index (χ0v) is 13.1. The molecule has 0 saturated carbocycles. The van der Waals surface area contributed by atoms with E-state index in [1.807, 2.05) is 28.1 Å². The number of hydrogen-bond acceptors (Lipinski definition) is 4. The minimum atomic E-state index is 0.235. The van der Waals surface area contributed by atoms with Gasteiger partial charge < -0.3 is 4.90 Å². The number of aryl methyl sites for hydroxylation is 2. The summed E-state index contributed by atoms with van der Waals surface area (Å²) in [6.07, 6.45) is 9.18. The molecule has 3 rings (SSSR count). The average Bonchev–Trinajstić information content (AvgIpc) is 3.16. The number of thiazole rings is 1. The largest absolute Gasteiger partial charge is 0.341 e. The van der Waals surface area contributed by atoms with Gasteiger partial charge in [-0.15, -0.1) is 11.3 Å². The van der Waals surface area contributed by atoms with Crippen LogP contribution in [0.15, 0.2) is 24.0 Å². The molecule has 1 aliphatic rings. The first-order chi connectivity index (χ1) is 10.2. The highest BCUT2D eigenvalue weighted by Crippen LogP contribution is 2.22. The number of rotatable bonds is 4. The van der Waals surface area contributed by atoms with Crippen LogP contribution in [-0.2, 0) is 11.2 Å². The van der Waals surface area contributed by atoms with Gasteiger partial charge in [-0.2, -0.15) is 5.10 Å². The zero-order valence-electron chi connectivity index (χ0n) is 12.2. The van der Waals surface area contributed by atoms with Gasteiger partial charge in [-0.3, -0.25) is 9.48 Å². The number of hydrogen-bond donors (Lipinski definition) is 0. The average molecular weight is 304 g/mol. The smallest absolute Gasteiger partial charge is 0.223 e. The SMILES string of the molecule is Cc1cnn([C@H]2CCCN(C(=O)CCc3nccs3)C2)c1. The fourth-order valence-electron chi connectivity index (χ4n) is 2.78. The molecule has 0 aliphatic carbocycles. The third kappa shape index (κ3) is 3.50. The number of carbonyl (C=O) groups is 1. The molecule has 0 spiro atoms. The Balaban J connectivity index is 1.56. The number of amides is 1. The van der Waals surface area contributed by atoms with E-state index in [9.17, 15) is 4.79 Å². The van der Waals surface area contributed by atoms with Crippen LogP contribution in [0.5, 0.6) is 0 Å². The number of nitrogens with zero attached hydrogens (tertiary/aromatic N) is 4. The van der Waals surface area contributed by atoms with Crippen molar-refractivity contribution in [2.24, 2.45) is 0 Å². The Kier molecular flexibility index (Phi) is 4.34. The Morgan fingerprint density at radius 1 is 1.52 bits per heavy atom. The Labute approximate surface area is 128 Å². The number of piperidine rings is 1. The summed E-state index contributed by atoms with van der Waals surface area (Å²) in [5.41, 5.74) is 1.17. The predicted molar refractivity (Wildman–Crippen MR) is 82.3 cm³/mol. The Morgan fingerprint density at radius 2 is 2.43 bits per heavy atom. The Hall–Kier alpha value is -1.69. The van der Waals surface area contributed by atoms with Gasteiger partial charge in [0.25, 0.3) is 0 Å². The second-order valence-corrected chi connectivity index (χ2v) is 6.54. The van der Waals surface area contributed by atoms with Crippen molar-refractivity contribution in [2.75, 3.05) is 13.1 Å². The van der Waals surface area contributed by atoms with E-state index in [1.54, 1.807) is 17.5 Å². The lowest BCUT2D eigenvalue weighted by Crippen LogP contribution is -2.40. The minimum absolute atomic E-state index is 0.235. The van der Waals surface area contributed by atoms with Gasteiger partial charge in [0.15, 0.2) is 0 Å². The quantitative estimate of drug-likeness (QED) is 0.872. The van der Waals surface area contributed by atoms with E-state index in [0.717, 1.165) is 37.4 Å². The summed E-state index contributed by atoms with van der Waals surface area (Å²) < 4.78 is 2.01. The highest BCUT2D eigenvalue weighted by Gasteiger charge is 2.24. The molecule has 3 heterocycles. The van der Waals surface area contributed by atoms with Crippen LogP contribution in [0.2, 0.25) is 0 Å². The van der Waals surface area contributed by atoms with E-state index in [-0.39, 0.29) is 5.91 Å². The van der Waals surface area contributed by atoms with Gasteiger partial charge in [0.05, 0.1) is 17.2 Å². The molecule has 2 aromatic rings. The fraction of sp³-hybridized carbons (Fsp3) is 0.533. The third-order valence-corrected chi connectivity index (χ3v) is 4.73. The van der Waals surface area contributed by atoms with Gasteiger partial charge in [-0.25, -0.2) is 4.98 Å². The molecule has 2 aromatic heterocycles. The Bertz CT molecular complexity index is 593. The summed E-state index contributed by atoms with van der Waals surface area (Å²) in [6.45, 7) is 3.69. The van der Waals surface area contributed by atoms with Crippen molar-refractivity contribution in [3.8, 4) is 0 Å². The van der Waals surface area contributed by atoms with Gasteiger partial charge >= 0.3 is 0 Å². The molecule has 0 unspecified atom stereocenters. The second kappa shape index (κ2) is 6.39. The van der Waals surface area contributed by atoms with Crippen molar-refractivity contribution in [1.82, 2.24) is 19.7 Å². The molecule has 0 aromatic carbocycles. The summed E-state index contributed by atoms with van der Waals surface area (Å²) >= 11 is 1.62. The first-order valence-electron chi connectivity index (χ1n) is 7.39. The molecular formula is C15H20N4OS. The first-order valence-corrected chi connectivity index (χ1v) is 8.27. The molecule has 1 fully saturated rings. The fourth-order valence-corrected chi connectivity index (χ4v) is 3.40. The summed E-state index contributed by atoms with van der Waals surface area (Å²) in [6, 6.07) is 0.316. The van der Waals surface area contributed by atoms with Gasteiger partial charge in [-0.05, 0) is 25.3 Å². The minimum Gasteiger partial charge on any atom is -0.341 e. The van der Waals surface area contributed by atoms with Gasteiger partial charge in [0.1, 0.15) is 0 Å². The molecule has 0 N–H and O–H groups in total. The van der Waals surface area contributed by atoms with Crippen LogP contribution in [-0.4, -0.2) is 38.7 Å². The van der Waals surface area contributed by atoms with Crippen molar-refractivity contribution < 1.29 is 4.79 Å². The lowest BCUT2D eigenvalue weighted by atomic mass is 10.1. The normalized spacial score (nSPS) is 18.9. The molecule has 5 nitrogen and oxygen atoms in total. The summed E-state index contributed by atoms with van der Waals surface area (Å²) in [5.74, 6) is 0.235. The molecule has 1 atom stereocenters. The molecule has 1 amide bonds. The molecule has 112 valence electrons. The van der Waals surface area contributed by atoms with E-state index in [1.165, 1.54) is 5.56 Å². The van der Waals surface area contributed by atoms with Crippen molar-refractivity contribution in [2.45, 2.75) is 38.6 Å². The maximum atomic E-state index is 12.3. The topological polar surface area (TPSA) is 51.0 Å². The lowest BCUT2D eigenvalue weighted by molar-refractivity contribution is -0.132. The van der Waals surface area contributed by atoms with Crippen LogP contribution in [0.25, 0.3) is 0 Å². The van der Waals surface area contributed by atoms with Crippen LogP contribution in [0.4, 0.5) is 0 Å². The maximum Gasteiger partial charge on any atom is 0.223 e. The van der Waals surface area contributed by atoms with Crippen molar-refractivity contribution in [1.29, 1.82) is 0 Å². The first kappa shape index (κ1) is 14.3. The van der Waals surface area contributed by atoms with Crippen LogP contribution in [0.1, 0.15) is 35.9 Å². The standard InChI is InChI=1S/C15H20N4OS/c1-12-9-17-19(10-12)13-3-2-7-18(11-13)15(20)5-4-14-16-6-8-21-14/h6,8-10,13H,2-5,7,11H2,1H3/t13-/m0/s1. The van der Waals surface area contributed by atoms with Crippen molar-refractivity contribution >= 4 is 17.2 Å². The summed E-state index contributed by atoms with van der Waals surface area (Å²) in [7, 11) is 0. The highest BCUT2D eigenvalue weighted by molar-refractivity contribution is 7.09.